The van der Waals surface area contributed by atoms with Gasteiger partial charge < -0.3 is 10.0 Å². The molecule has 0 aromatic carbocycles. The van der Waals surface area contributed by atoms with Crippen LogP contribution < -0.4 is 4.90 Å². The van der Waals surface area contributed by atoms with Crippen LogP contribution in [0.5, 0.6) is 0 Å². The average Bonchev–Trinajstić information content (AvgIpc) is 2.30. The fourth-order valence-electron chi connectivity index (χ4n) is 1.49. The summed E-state index contributed by atoms with van der Waals surface area (Å²) in [7, 11) is 0. The molecule has 0 unspecified atom stereocenters. The molecule has 4 heteroatoms. The molecule has 1 aliphatic heterocycles. The maximum atomic E-state index is 8.88. The van der Waals surface area contributed by atoms with E-state index in [1.54, 1.807) is 6.20 Å². The van der Waals surface area contributed by atoms with Gasteiger partial charge in [-0.05, 0) is 11.6 Å². The van der Waals surface area contributed by atoms with Crippen LogP contribution in [0.15, 0.2) is 18.3 Å². The van der Waals surface area contributed by atoms with Crippen molar-refractivity contribution in [2.24, 2.45) is 0 Å². The van der Waals surface area contributed by atoms with Gasteiger partial charge in [-0.15, -0.1) is 0 Å². The molecule has 0 spiro atoms. The molecule has 1 aromatic rings. The fraction of sp³-hybridized carbons (Fsp3) is 0.500. The smallest absolute Gasteiger partial charge is 0.128 e. The highest BCUT2D eigenvalue weighted by molar-refractivity contribution is 7.99. The van der Waals surface area contributed by atoms with Crippen LogP contribution in [0.4, 0.5) is 5.82 Å². The van der Waals surface area contributed by atoms with Gasteiger partial charge in [0.05, 0.1) is 6.61 Å². The first-order chi connectivity index (χ1) is 6.90. The molecule has 0 saturated carbocycles. The molecule has 1 aliphatic rings. The minimum Gasteiger partial charge on any atom is -0.392 e. The topological polar surface area (TPSA) is 36.4 Å². The summed E-state index contributed by atoms with van der Waals surface area (Å²) in [6, 6.07) is 3.92. The first kappa shape index (κ1) is 9.80. The van der Waals surface area contributed by atoms with E-state index in [4.69, 9.17) is 5.11 Å². The number of nitrogens with zero attached hydrogens (tertiary/aromatic N) is 2. The van der Waals surface area contributed by atoms with Crippen LogP contribution in [0.2, 0.25) is 0 Å². The summed E-state index contributed by atoms with van der Waals surface area (Å²) >= 11 is 1.99. The van der Waals surface area contributed by atoms with Gasteiger partial charge in [0, 0.05) is 30.8 Å². The first-order valence-corrected chi connectivity index (χ1v) is 5.94. The normalized spacial score (nSPS) is 17.1. The minimum atomic E-state index is 0.0726. The third kappa shape index (κ3) is 2.19. The van der Waals surface area contributed by atoms with Crippen LogP contribution in [-0.4, -0.2) is 34.7 Å². The number of hydrogen-bond donors (Lipinski definition) is 1. The molecule has 1 N–H and O–H groups in total. The van der Waals surface area contributed by atoms with E-state index in [1.165, 1.54) is 11.5 Å². The SMILES string of the molecule is OCc1ccc(N2CCSCC2)nc1. The Morgan fingerprint density at radius 1 is 1.36 bits per heavy atom. The van der Waals surface area contributed by atoms with E-state index in [0.717, 1.165) is 24.5 Å². The van der Waals surface area contributed by atoms with Crippen LogP contribution in [0, 0.1) is 0 Å². The Labute approximate surface area is 88.1 Å². The summed E-state index contributed by atoms with van der Waals surface area (Å²) in [4.78, 5) is 6.62. The lowest BCUT2D eigenvalue weighted by Gasteiger charge is -2.27. The summed E-state index contributed by atoms with van der Waals surface area (Å²) < 4.78 is 0. The quantitative estimate of drug-likeness (QED) is 0.794. The van der Waals surface area contributed by atoms with E-state index >= 15 is 0 Å². The molecule has 2 rings (SSSR count). The molecular formula is C10H14N2OS. The van der Waals surface area contributed by atoms with E-state index < -0.39 is 0 Å². The van der Waals surface area contributed by atoms with Crippen molar-refractivity contribution in [3.8, 4) is 0 Å². The van der Waals surface area contributed by atoms with Crippen LogP contribution in [0.25, 0.3) is 0 Å². The van der Waals surface area contributed by atoms with Crippen molar-refractivity contribution in [1.82, 2.24) is 4.98 Å². The van der Waals surface area contributed by atoms with Gasteiger partial charge in [0.2, 0.25) is 0 Å². The highest BCUT2D eigenvalue weighted by Gasteiger charge is 2.11. The molecular weight excluding hydrogens is 196 g/mol. The van der Waals surface area contributed by atoms with Gasteiger partial charge in [-0.3, -0.25) is 0 Å². The third-order valence-corrected chi connectivity index (χ3v) is 3.27. The number of pyridine rings is 1. The van der Waals surface area contributed by atoms with E-state index in [0.29, 0.717) is 0 Å². The summed E-state index contributed by atoms with van der Waals surface area (Å²) in [6.45, 7) is 2.23. The second-order valence-electron chi connectivity index (χ2n) is 3.28. The van der Waals surface area contributed by atoms with E-state index in [-0.39, 0.29) is 6.61 Å². The summed E-state index contributed by atoms with van der Waals surface area (Å²) in [5.74, 6) is 3.40. The number of anilines is 1. The lowest BCUT2D eigenvalue weighted by Crippen LogP contribution is -2.32. The Kier molecular flexibility index (Phi) is 3.26. The fourth-order valence-corrected chi connectivity index (χ4v) is 2.39. The number of hydrogen-bond acceptors (Lipinski definition) is 4. The third-order valence-electron chi connectivity index (χ3n) is 2.33. The summed E-state index contributed by atoms with van der Waals surface area (Å²) in [5.41, 5.74) is 0.875. The summed E-state index contributed by atoms with van der Waals surface area (Å²) in [6.07, 6.45) is 1.75. The molecule has 14 heavy (non-hydrogen) atoms. The zero-order valence-corrected chi connectivity index (χ0v) is 8.83. The average molecular weight is 210 g/mol. The Balaban J connectivity index is 2.07. The predicted molar refractivity (Wildman–Crippen MR) is 59.7 cm³/mol. The molecule has 76 valence electrons. The molecule has 1 fully saturated rings. The van der Waals surface area contributed by atoms with E-state index in [2.05, 4.69) is 9.88 Å². The van der Waals surface area contributed by atoms with Crippen LogP contribution in [0.3, 0.4) is 0 Å². The van der Waals surface area contributed by atoms with Crippen molar-refractivity contribution in [2.45, 2.75) is 6.61 Å². The van der Waals surface area contributed by atoms with Crippen LogP contribution in [-0.2, 0) is 6.61 Å². The van der Waals surface area contributed by atoms with Gasteiger partial charge in [-0.2, -0.15) is 11.8 Å². The number of aromatic nitrogens is 1. The minimum absolute atomic E-state index is 0.0726. The number of thioether (sulfide) groups is 1. The van der Waals surface area contributed by atoms with Gasteiger partial charge in [0.25, 0.3) is 0 Å². The lowest BCUT2D eigenvalue weighted by molar-refractivity contribution is 0.281. The number of aliphatic hydroxyl groups is 1. The zero-order valence-electron chi connectivity index (χ0n) is 8.02. The first-order valence-electron chi connectivity index (χ1n) is 4.78. The standard InChI is InChI=1S/C10H14N2OS/c13-8-9-1-2-10(11-7-9)12-3-5-14-6-4-12/h1-2,7,13H,3-6,8H2. The highest BCUT2D eigenvalue weighted by Crippen LogP contribution is 2.16. The summed E-state index contributed by atoms with van der Waals surface area (Å²) in [5, 5.41) is 8.88. The molecule has 0 atom stereocenters. The van der Waals surface area contributed by atoms with Gasteiger partial charge in [-0.25, -0.2) is 4.98 Å². The number of aliphatic hydroxyl groups excluding tert-OH is 1. The number of rotatable bonds is 2. The molecule has 0 amide bonds. The van der Waals surface area contributed by atoms with Crippen molar-refractivity contribution in [2.75, 3.05) is 29.5 Å². The molecule has 0 bridgehead atoms. The molecule has 0 radical (unpaired) electrons. The maximum absolute atomic E-state index is 8.88. The van der Waals surface area contributed by atoms with Crippen molar-refractivity contribution < 1.29 is 5.11 Å². The predicted octanol–water partition coefficient (Wildman–Crippen LogP) is 1.13. The highest BCUT2D eigenvalue weighted by atomic mass is 32.2. The van der Waals surface area contributed by atoms with Crippen molar-refractivity contribution in [3.05, 3.63) is 23.9 Å². The van der Waals surface area contributed by atoms with Gasteiger partial charge in [-0.1, -0.05) is 6.07 Å². The monoisotopic (exact) mass is 210 g/mol. The second-order valence-corrected chi connectivity index (χ2v) is 4.51. The molecule has 1 saturated heterocycles. The second kappa shape index (κ2) is 4.66. The molecule has 1 aromatic heterocycles. The Morgan fingerprint density at radius 3 is 2.71 bits per heavy atom. The maximum Gasteiger partial charge on any atom is 0.128 e. The van der Waals surface area contributed by atoms with Crippen LogP contribution >= 0.6 is 11.8 Å². The van der Waals surface area contributed by atoms with Crippen molar-refractivity contribution in [3.63, 3.8) is 0 Å². The largest absolute Gasteiger partial charge is 0.392 e. The zero-order chi connectivity index (χ0) is 9.80. The molecule has 3 nitrogen and oxygen atoms in total. The molecule has 2 heterocycles. The lowest BCUT2D eigenvalue weighted by atomic mass is 10.3. The van der Waals surface area contributed by atoms with Gasteiger partial charge in [0.1, 0.15) is 5.82 Å². The van der Waals surface area contributed by atoms with Gasteiger partial charge >= 0.3 is 0 Å². The Morgan fingerprint density at radius 2 is 2.14 bits per heavy atom. The van der Waals surface area contributed by atoms with E-state index in [9.17, 15) is 0 Å². The Hall–Kier alpha value is -0.740. The van der Waals surface area contributed by atoms with Gasteiger partial charge in [0.15, 0.2) is 0 Å². The molecule has 0 aliphatic carbocycles. The van der Waals surface area contributed by atoms with E-state index in [1.807, 2.05) is 23.9 Å². The van der Waals surface area contributed by atoms with Crippen LogP contribution in [0.1, 0.15) is 5.56 Å². The Bertz CT molecular complexity index is 283. The van der Waals surface area contributed by atoms with Crippen molar-refractivity contribution >= 4 is 17.6 Å². The van der Waals surface area contributed by atoms with Crippen molar-refractivity contribution in [1.29, 1.82) is 0 Å².